The number of oxazole rings is 1. The van der Waals surface area contributed by atoms with E-state index >= 15 is 0 Å². The molecule has 0 spiro atoms. The van der Waals surface area contributed by atoms with Crippen LogP contribution in [0.25, 0.3) is 0 Å². The molecule has 2 aromatic rings. The fraction of sp³-hybridized carbons (Fsp3) is 0.550. The number of rotatable bonds is 5. The Bertz CT molecular complexity index is 764. The second-order valence-corrected chi connectivity index (χ2v) is 7.65. The van der Waals surface area contributed by atoms with Crippen molar-refractivity contribution in [2.75, 3.05) is 6.54 Å². The molecule has 0 aliphatic heterocycles. The van der Waals surface area contributed by atoms with Gasteiger partial charge in [0.25, 0.3) is 5.91 Å². The Kier molecular flexibility index (Phi) is 4.32. The van der Waals surface area contributed by atoms with Crippen molar-refractivity contribution >= 4 is 5.91 Å². The highest BCUT2D eigenvalue weighted by Gasteiger charge is 2.37. The summed E-state index contributed by atoms with van der Waals surface area (Å²) in [6, 6.07) is 4.15. The Labute approximate surface area is 148 Å². The molecule has 1 unspecified atom stereocenters. The molecule has 2 aliphatic carbocycles. The van der Waals surface area contributed by atoms with Crippen molar-refractivity contribution in [3.63, 3.8) is 0 Å². The zero-order valence-corrected chi connectivity index (χ0v) is 14.9. The minimum atomic E-state index is -0.00662. The average Bonchev–Trinajstić information content (AvgIpc) is 3.35. The van der Waals surface area contributed by atoms with Crippen LogP contribution in [-0.2, 0) is 6.42 Å². The lowest BCUT2D eigenvalue weighted by Gasteiger charge is -2.35. The Morgan fingerprint density at radius 2 is 2.16 bits per heavy atom. The van der Waals surface area contributed by atoms with E-state index in [2.05, 4.69) is 29.9 Å². The number of aromatic nitrogens is 2. The summed E-state index contributed by atoms with van der Waals surface area (Å²) in [6.07, 6.45) is 8.52. The van der Waals surface area contributed by atoms with Gasteiger partial charge in [0.1, 0.15) is 5.76 Å². The first-order valence-electron chi connectivity index (χ1n) is 9.33. The molecule has 0 bridgehead atoms. The molecule has 0 aromatic carbocycles. The summed E-state index contributed by atoms with van der Waals surface area (Å²) in [5, 5.41) is 0. The lowest BCUT2D eigenvalue weighted by atomic mass is 9.90. The minimum absolute atomic E-state index is 0.00662. The minimum Gasteiger partial charge on any atom is -0.447 e. The summed E-state index contributed by atoms with van der Waals surface area (Å²) < 4.78 is 5.55. The van der Waals surface area contributed by atoms with E-state index in [0.717, 1.165) is 43.6 Å². The van der Waals surface area contributed by atoms with Crippen LogP contribution in [0.3, 0.4) is 0 Å². The van der Waals surface area contributed by atoms with Crippen LogP contribution in [0.1, 0.15) is 79.0 Å². The largest absolute Gasteiger partial charge is 0.447 e. The molecule has 4 rings (SSSR count). The highest BCUT2D eigenvalue weighted by Crippen LogP contribution is 2.42. The molecule has 1 amide bonds. The van der Waals surface area contributed by atoms with Gasteiger partial charge in [-0.15, -0.1) is 0 Å². The van der Waals surface area contributed by atoms with Crippen molar-refractivity contribution in [1.29, 1.82) is 0 Å². The van der Waals surface area contributed by atoms with E-state index in [1.54, 1.807) is 0 Å². The molecule has 132 valence electrons. The standard InChI is InChI=1S/C20H25N3O2/c1-13(2)11-23(16-7-3-5-14-6-4-10-21-17(14)16)20(24)18-19(15-8-9-15)25-12-22-18/h4,6,10,12-13,15-16H,3,5,7-9,11H2,1-2H3. The summed E-state index contributed by atoms with van der Waals surface area (Å²) >= 11 is 0. The van der Waals surface area contributed by atoms with Gasteiger partial charge in [0.05, 0.1) is 11.7 Å². The van der Waals surface area contributed by atoms with E-state index < -0.39 is 0 Å². The van der Waals surface area contributed by atoms with Crippen LogP contribution in [-0.4, -0.2) is 27.3 Å². The summed E-state index contributed by atoms with van der Waals surface area (Å²) in [5.41, 5.74) is 2.83. The monoisotopic (exact) mass is 339 g/mol. The molecular weight excluding hydrogens is 314 g/mol. The van der Waals surface area contributed by atoms with Crippen molar-refractivity contribution in [2.24, 2.45) is 5.92 Å². The van der Waals surface area contributed by atoms with Crippen LogP contribution in [0.2, 0.25) is 0 Å². The van der Waals surface area contributed by atoms with Gasteiger partial charge in [-0.2, -0.15) is 0 Å². The number of hydrogen-bond acceptors (Lipinski definition) is 4. The van der Waals surface area contributed by atoms with Gasteiger partial charge in [0.15, 0.2) is 12.1 Å². The molecule has 2 aromatic heterocycles. The molecule has 25 heavy (non-hydrogen) atoms. The maximum atomic E-state index is 13.4. The second-order valence-electron chi connectivity index (χ2n) is 7.65. The predicted molar refractivity (Wildman–Crippen MR) is 94.3 cm³/mol. The van der Waals surface area contributed by atoms with Gasteiger partial charge in [-0.1, -0.05) is 19.9 Å². The Morgan fingerprint density at radius 1 is 1.32 bits per heavy atom. The molecule has 1 atom stereocenters. The van der Waals surface area contributed by atoms with Crippen molar-refractivity contribution in [3.05, 3.63) is 47.4 Å². The lowest BCUT2D eigenvalue weighted by molar-refractivity contribution is 0.0615. The van der Waals surface area contributed by atoms with E-state index in [1.165, 1.54) is 12.0 Å². The van der Waals surface area contributed by atoms with Gasteiger partial charge in [-0.25, -0.2) is 4.98 Å². The molecule has 0 N–H and O–H groups in total. The molecule has 2 heterocycles. The third-order valence-corrected chi connectivity index (χ3v) is 5.11. The molecule has 5 heteroatoms. The highest BCUT2D eigenvalue weighted by molar-refractivity contribution is 5.93. The van der Waals surface area contributed by atoms with E-state index in [4.69, 9.17) is 4.42 Å². The van der Waals surface area contributed by atoms with E-state index in [0.29, 0.717) is 24.1 Å². The zero-order valence-electron chi connectivity index (χ0n) is 14.9. The molecule has 1 saturated carbocycles. The summed E-state index contributed by atoms with van der Waals surface area (Å²) in [7, 11) is 0. The zero-order chi connectivity index (χ0) is 17.4. The van der Waals surface area contributed by atoms with Crippen molar-refractivity contribution in [1.82, 2.24) is 14.9 Å². The third kappa shape index (κ3) is 3.20. The Hall–Kier alpha value is -2.17. The summed E-state index contributed by atoms with van der Waals surface area (Å²) in [6.45, 7) is 5.00. The van der Waals surface area contributed by atoms with Crippen LogP contribution >= 0.6 is 0 Å². The fourth-order valence-electron chi connectivity index (χ4n) is 3.82. The smallest absolute Gasteiger partial charge is 0.276 e. The summed E-state index contributed by atoms with van der Waals surface area (Å²) in [4.78, 5) is 24.3. The van der Waals surface area contributed by atoms with Crippen molar-refractivity contribution in [2.45, 2.75) is 57.9 Å². The van der Waals surface area contributed by atoms with Crippen LogP contribution in [0, 0.1) is 5.92 Å². The van der Waals surface area contributed by atoms with Gasteiger partial charge in [-0.3, -0.25) is 9.78 Å². The quantitative estimate of drug-likeness (QED) is 0.822. The van der Waals surface area contributed by atoms with Gasteiger partial charge in [-0.05, 0) is 49.7 Å². The number of carbonyl (C=O) groups excluding carboxylic acids is 1. The molecule has 5 nitrogen and oxygen atoms in total. The second kappa shape index (κ2) is 6.62. The van der Waals surface area contributed by atoms with Crippen molar-refractivity contribution < 1.29 is 9.21 Å². The van der Waals surface area contributed by atoms with E-state index in [9.17, 15) is 4.79 Å². The molecule has 0 saturated heterocycles. The van der Waals surface area contributed by atoms with Crippen LogP contribution < -0.4 is 0 Å². The topological polar surface area (TPSA) is 59.2 Å². The molecule has 1 fully saturated rings. The van der Waals surface area contributed by atoms with Gasteiger partial charge < -0.3 is 9.32 Å². The maximum Gasteiger partial charge on any atom is 0.276 e. The number of hydrogen-bond donors (Lipinski definition) is 0. The Balaban J connectivity index is 1.69. The number of aryl methyl sites for hydroxylation is 1. The molecule has 2 aliphatic rings. The molecule has 0 radical (unpaired) electrons. The average molecular weight is 339 g/mol. The third-order valence-electron chi connectivity index (χ3n) is 5.11. The number of pyridine rings is 1. The first-order valence-corrected chi connectivity index (χ1v) is 9.33. The van der Waals surface area contributed by atoms with Crippen LogP contribution in [0.15, 0.2) is 29.1 Å². The van der Waals surface area contributed by atoms with Crippen LogP contribution in [0.5, 0.6) is 0 Å². The van der Waals surface area contributed by atoms with E-state index in [-0.39, 0.29) is 11.9 Å². The lowest BCUT2D eigenvalue weighted by Crippen LogP contribution is -2.40. The highest BCUT2D eigenvalue weighted by atomic mass is 16.3. The SMILES string of the molecule is CC(C)CN(C(=O)c1ncoc1C1CC1)C1CCCc2cccnc21. The first-order chi connectivity index (χ1) is 12.1. The van der Waals surface area contributed by atoms with Gasteiger partial charge in [0.2, 0.25) is 0 Å². The van der Waals surface area contributed by atoms with Crippen molar-refractivity contribution in [3.8, 4) is 0 Å². The predicted octanol–water partition coefficient (Wildman–Crippen LogP) is 4.12. The van der Waals surface area contributed by atoms with Gasteiger partial charge >= 0.3 is 0 Å². The number of carbonyl (C=O) groups is 1. The summed E-state index contributed by atoms with van der Waals surface area (Å²) in [5.74, 6) is 1.53. The van der Waals surface area contributed by atoms with Gasteiger partial charge in [0, 0.05) is 18.7 Å². The number of amides is 1. The normalized spacial score (nSPS) is 19.7. The number of fused-ring (bicyclic) bond motifs is 1. The molecular formula is C20H25N3O2. The first kappa shape index (κ1) is 16.3. The Morgan fingerprint density at radius 3 is 2.92 bits per heavy atom. The fourth-order valence-corrected chi connectivity index (χ4v) is 3.82. The number of nitrogens with zero attached hydrogens (tertiary/aromatic N) is 3. The van der Waals surface area contributed by atoms with E-state index in [1.807, 2.05) is 17.2 Å². The maximum absolute atomic E-state index is 13.4. The van der Waals surface area contributed by atoms with Crippen LogP contribution in [0.4, 0.5) is 0 Å².